The van der Waals surface area contributed by atoms with Crippen LogP contribution < -0.4 is 5.32 Å². The lowest BCUT2D eigenvalue weighted by atomic mass is 9.98. The Bertz CT molecular complexity index is 386. The first kappa shape index (κ1) is 11.9. The van der Waals surface area contributed by atoms with Crippen molar-refractivity contribution in [1.82, 2.24) is 5.32 Å². The zero-order chi connectivity index (χ0) is 11.8. The molecule has 1 fully saturated rings. The highest BCUT2D eigenvalue weighted by Gasteiger charge is 2.37. The molecule has 0 heterocycles. The van der Waals surface area contributed by atoms with Gasteiger partial charge in [-0.1, -0.05) is 17.7 Å². The Morgan fingerprint density at radius 2 is 2.12 bits per heavy atom. The van der Waals surface area contributed by atoms with Crippen LogP contribution in [-0.4, -0.2) is 5.54 Å². The van der Waals surface area contributed by atoms with Gasteiger partial charge in [0.1, 0.15) is 5.82 Å². The summed E-state index contributed by atoms with van der Waals surface area (Å²) in [5, 5.41) is 3.66. The number of nitrogens with one attached hydrogen (secondary N) is 1. The first-order chi connectivity index (χ1) is 7.49. The minimum atomic E-state index is -0.342. The monoisotopic (exact) mass is 241 g/mol. The lowest BCUT2D eigenvalue weighted by molar-refractivity contribution is 0.339. The molecule has 1 aromatic rings. The third-order valence-corrected chi connectivity index (χ3v) is 3.64. The fourth-order valence-electron chi connectivity index (χ4n) is 1.93. The highest BCUT2D eigenvalue weighted by molar-refractivity contribution is 6.30. The van der Waals surface area contributed by atoms with E-state index in [1.807, 2.05) is 6.07 Å². The summed E-state index contributed by atoms with van der Waals surface area (Å²) in [6.07, 6.45) is 2.60. The maximum Gasteiger partial charge on any atom is 0.142 e. The van der Waals surface area contributed by atoms with Gasteiger partial charge in [0, 0.05) is 12.1 Å². The second kappa shape index (κ2) is 4.34. The molecular formula is C13H17ClFN. The Hall–Kier alpha value is -0.600. The van der Waals surface area contributed by atoms with Crippen LogP contribution >= 0.6 is 11.6 Å². The Morgan fingerprint density at radius 1 is 1.44 bits per heavy atom. The molecule has 88 valence electrons. The molecule has 0 amide bonds. The van der Waals surface area contributed by atoms with Crippen molar-refractivity contribution >= 4 is 11.6 Å². The molecule has 0 bridgehead atoms. The van der Waals surface area contributed by atoms with Crippen LogP contribution in [0.3, 0.4) is 0 Å². The van der Waals surface area contributed by atoms with Crippen molar-refractivity contribution in [1.29, 1.82) is 0 Å². The molecule has 0 unspecified atom stereocenters. The van der Waals surface area contributed by atoms with Crippen LogP contribution in [-0.2, 0) is 6.54 Å². The SMILES string of the molecule is CC(C)(NCc1ccc(Cl)c(F)c1)C1CC1. The van der Waals surface area contributed by atoms with E-state index in [1.54, 1.807) is 6.07 Å². The van der Waals surface area contributed by atoms with Gasteiger partial charge >= 0.3 is 0 Å². The minimum Gasteiger partial charge on any atom is -0.307 e. The molecule has 2 rings (SSSR count). The summed E-state index contributed by atoms with van der Waals surface area (Å²) in [7, 11) is 0. The van der Waals surface area contributed by atoms with E-state index in [2.05, 4.69) is 19.2 Å². The largest absolute Gasteiger partial charge is 0.307 e. The molecule has 0 saturated heterocycles. The molecule has 0 aliphatic heterocycles. The normalized spacial score (nSPS) is 16.5. The van der Waals surface area contributed by atoms with Crippen LogP contribution in [0.2, 0.25) is 5.02 Å². The molecule has 0 aromatic heterocycles. The summed E-state index contributed by atoms with van der Waals surface area (Å²) in [6.45, 7) is 5.10. The molecule has 1 N–H and O–H groups in total. The van der Waals surface area contributed by atoms with Gasteiger partial charge in [0.2, 0.25) is 0 Å². The van der Waals surface area contributed by atoms with Crippen LogP contribution in [0.5, 0.6) is 0 Å². The third kappa shape index (κ3) is 2.74. The summed E-state index contributed by atoms with van der Waals surface area (Å²) in [5.41, 5.74) is 1.09. The van der Waals surface area contributed by atoms with Crippen molar-refractivity contribution in [3.05, 3.63) is 34.6 Å². The van der Waals surface area contributed by atoms with Gasteiger partial charge in [0.05, 0.1) is 5.02 Å². The number of halogens is 2. The first-order valence-electron chi connectivity index (χ1n) is 5.68. The highest BCUT2D eigenvalue weighted by atomic mass is 35.5. The third-order valence-electron chi connectivity index (χ3n) is 3.33. The molecule has 1 nitrogen and oxygen atoms in total. The summed E-state index contributed by atoms with van der Waals surface area (Å²) in [4.78, 5) is 0. The van der Waals surface area contributed by atoms with Crippen molar-refractivity contribution < 1.29 is 4.39 Å². The molecule has 1 aromatic carbocycles. The Morgan fingerprint density at radius 3 is 2.69 bits per heavy atom. The zero-order valence-corrected chi connectivity index (χ0v) is 10.4. The lowest BCUT2D eigenvalue weighted by Gasteiger charge is -2.26. The van der Waals surface area contributed by atoms with E-state index in [4.69, 9.17) is 11.6 Å². The Kier molecular flexibility index (Phi) is 3.22. The molecular weight excluding hydrogens is 225 g/mol. The Balaban J connectivity index is 1.96. The average molecular weight is 242 g/mol. The number of rotatable bonds is 4. The number of hydrogen-bond donors (Lipinski definition) is 1. The Labute approximate surface area is 101 Å². The summed E-state index contributed by atoms with van der Waals surface area (Å²) in [5.74, 6) is 0.426. The van der Waals surface area contributed by atoms with E-state index in [0.29, 0.717) is 6.54 Å². The topological polar surface area (TPSA) is 12.0 Å². The van der Waals surface area contributed by atoms with E-state index in [0.717, 1.165) is 11.5 Å². The van der Waals surface area contributed by atoms with Crippen LogP contribution in [0.4, 0.5) is 4.39 Å². The van der Waals surface area contributed by atoms with E-state index < -0.39 is 0 Å². The standard InChI is InChI=1S/C13H17ClFN/c1-13(2,10-4-5-10)16-8-9-3-6-11(14)12(15)7-9/h3,6-7,10,16H,4-5,8H2,1-2H3. The predicted octanol–water partition coefficient (Wildman–Crippen LogP) is 3.76. The first-order valence-corrected chi connectivity index (χ1v) is 6.06. The molecule has 16 heavy (non-hydrogen) atoms. The van der Waals surface area contributed by atoms with Crippen LogP contribution in [0, 0.1) is 11.7 Å². The predicted molar refractivity (Wildman–Crippen MR) is 65.1 cm³/mol. The smallest absolute Gasteiger partial charge is 0.142 e. The highest BCUT2D eigenvalue weighted by Crippen LogP contribution is 2.39. The number of hydrogen-bond acceptors (Lipinski definition) is 1. The van der Waals surface area contributed by atoms with Crippen LogP contribution in [0.15, 0.2) is 18.2 Å². The fourth-order valence-corrected chi connectivity index (χ4v) is 2.05. The number of benzene rings is 1. The van der Waals surface area contributed by atoms with E-state index >= 15 is 0 Å². The average Bonchev–Trinajstić information content (AvgIpc) is 3.03. The van der Waals surface area contributed by atoms with Crippen LogP contribution in [0.1, 0.15) is 32.3 Å². The van der Waals surface area contributed by atoms with E-state index in [1.165, 1.54) is 18.9 Å². The summed E-state index contributed by atoms with van der Waals surface area (Å²) >= 11 is 5.64. The van der Waals surface area contributed by atoms with Gasteiger partial charge in [-0.15, -0.1) is 0 Å². The van der Waals surface area contributed by atoms with E-state index in [9.17, 15) is 4.39 Å². The van der Waals surface area contributed by atoms with Gasteiger partial charge in [-0.05, 0) is 50.3 Å². The summed E-state index contributed by atoms with van der Waals surface area (Å²) < 4.78 is 13.2. The van der Waals surface area contributed by atoms with Gasteiger partial charge in [-0.3, -0.25) is 0 Å². The van der Waals surface area contributed by atoms with Crippen molar-refractivity contribution in [2.24, 2.45) is 5.92 Å². The van der Waals surface area contributed by atoms with Crippen molar-refractivity contribution in [3.63, 3.8) is 0 Å². The molecule has 1 aliphatic rings. The van der Waals surface area contributed by atoms with E-state index in [-0.39, 0.29) is 16.4 Å². The fraction of sp³-hybridized carbons (Fsp3) is 0.538. The molecule has 0 spiro atoms. The summed E-state index contributed by atoms with van der Waals surface area (Å²) in [6, 6.07) is 4.97. The maximum absolute atomic E-state index is 13.2. The second-order valence-corrected chi connectivity index (χ2v) is 5.51. The molecule has 3 heteroatoms. The van der Waals surface area contributed by atoms with Crippen molar-refractivity contribution in [3.8, 4) is 0 Å². The minimum absolute atomic E-state index is 0.149. The van der Waals surface area contributed by atoms with Crippen LogP contribution in [0.25, 0.3) is 0 Å². The van der Waals surface area contributed by atoms with Gasteiger partial charge in [0.15, 0.2) is 0 Å². The van der Waals surface area contributed by atoms with Gasteiger partial charge in [-0.25, -0.2) is 4.39 Å². The van der Waals surface area contributed by atoms with Gasteiger partial charge in [0.25, 0.3) is 0 Å². The zero-order valence-electron chi connectivity index (χ0n) is 9.69. The van der Waals surface area contributed by atoms with Crippen molar-refractivity contribution in [2.75, 3.05) is 0 Å². The second-order valence-electron chi connectivity index (χ2n) is 5.10. The molecule has 0 radical (unpaired) electrons. The van der Waals surface area contributed by atoms with Crippen molar-refractivity contribution in [2.45, 2.75) is 38.8 Å². The molecule has 1 saturated carbocycles. The quantitative estimate of drug-likeness (QED) is 0.847. The molecule has 1 aliphatic carbocycles. The molecule has 0 atom stereocenters. The lowest BCUT2D eigenvalue weighted by Crippen LogP contribution is -2.40. The van der Waals surface area contributed by atoms with Gasteiger partial charge in [-0.2, -0.15) is 0 Å². The van der Waals surface area contributed by atoms with Gasteiger partial charge < -0.3 is 5.32 Å². The maximum atomic E-state index is 13.2.